The number of ether oxygens (including phenoxy) is 3. The van der Waals surface area contributed by atoms with Gasteiger partial charge in [-0.25, -0.2) is 9.18 Å². The predicted molar refractivity (Wildman–Crippen MR) is 183 cm³/mol. The summed E-state index contributed by atoms with van der Waals surface area (Å²) < 4.78 is 35.0. The van der Waals surface area contributed by atoms with Crippen molar-refractivity contribution in [2.24, 2.45) is 0 Å². The third-order valence-corrected chi connectivity index (χ3v) is 8.37. The van der Waals surface area contributed by atoms with Gasteiger partial charge in [-0.2, -0.15) is 0 Å². The van der Waals surface area contributed by atoms with Crippen LogP contribution in [0.15, 0.2) is 61.2 Å². The van der Waals surface area contributed by atoms with Crippen molar-refractivity contribution in [2.45, 2.75) is 130 Å². The second kappa shape index (κ2) is 17.4. The Balaban J connectivity index is 0.00000109. The highest BCUT2D eigenvalue weighted by Gasteiger charge is 2.45. The van der Waals surface area contributed by atoms with E-state index in [1.165, 1.54) is 34.9 Å². The van der Waals surface area contributed by atoms with E-state index >= 15 is 0 Å². The van der Waals surface area contributed by atoms with Crippen LogP contribution in [-0.4, -0.2) is 40.6 Å². The highest BCUT2D eigenvalue weighted by molar-refractivity contribution is 5.85. The average molecular weight is 634 g/mol. The van der Waals surface area contributed by atoms with Crippen LogP contribution in [0.1, 0.15) is 104 Å². The van der Waals surface area contributed by atoms with Crippen LogP contribution < -0.4 is 0 Å². The fourth-order valence-corrected chi connectivity index (χ4v) is 6.85. The van der Waals surface area contributed by atoms with E-state index in [9.17, 15) is 9.18 Å². The first kappa shape index (κ1) is 37.0. The maximum absolute atomic E-state index is 14.0. The number of benzene rings is 2. The van der Waals surface area contributed by atoms with Crippen molar-refractivity contribution in [1.82, 2.24) is 4.57 Å². The second-order valence-electron chi connectivity index (χ2n) is 12.4. The molecule has 1 aromatic heterocycles. The molecule has 2 heterocycles. The summed E-state index contributed by atoms with van der Waals surface area (Å²) in [7, 11) is 0. The van der Waals surface area contributed by atoms with Crippen LogP contribution in [0.4, 0.5) is 4.39 Å². The van der Waals surface area contributed by atoms with Crippen molar-refractivity contribution < 1.29 is 28.2 Å². The lowest BCUT2D eigenvalue weighted by Crippen LogP contribution is -2.47. The van der Waals surface area contributed by atoms with Gasteiger partial charge in [0.15, 0.2) is 5.79 Å². The van der Waals surface area contributed by atoms with E-state index < -0.39 is 5.79 Å². The molecule has 1 spiro atoms. The standard InChI is InChI=1S/C35H44FNO4.C2H2O.C2H6/c1-23(2)33-25(5)32(26-11-7-6-8-12-26)34(27-13-15-28(36)16-14-27)37(33)20-17-29-21-30(22-31(38)39-24(3)4)41-35(40-29)18-9-10-19-35;1-2-3;1-2/h6-8,11-16,23-24,29-30H,9-10,17-22H2,1-5H3;1H2;1-2H3/t29-,30?;;/m1../s1. The lowest BCUT2D eigenvalue weighted by Gasteiger charge is -2.43. The van der Waals surface area contributed by atoms with E-state index in [0.29, 0.717) is 12.3 Å². The van der Waals surface area contributed by atoms with Crippen molar-refractivity contribution in [3.63, 3.8) is 0 Å². The summed E-state index contributed by atoms with van der Waals surface area (Å²) in [5.41, 5.74) is 6.98. The molecule has 2 aromatic carbocycles. The zero-order valence-electron chi connectivity index (χ0n) is 28.7. The normalized spacial score (nSPS) is 18.4. The van der Waals surface area contributed by atoms with Crippen molar-refractivity contribution in [1.29, 1.82) is 0 Å². The first-order valence-corrected chi connectivity index (χ1v) is 16.8. The molecule has 0 N–H and O–H groups in total. The van der Waals surface area contributed by atoms with Gasteiger partial charge in [0.1, 0.15) is 11.8 Å². The van der Waals surface area contributed by atoms with Crippen LogP contribution in [0.5, 0.6) is 0 Å². The molecule has 0 bridgehead atoms. The van der Waals surface area contributed by atoms with E-state index in [1.54, 1.807) is 0 Å². The first-order chi connectivity index (χ1) is 22.1. The molecular formula is C39H52FNO5. The van der Waals surface area contributed by atoms with Gasteiger partial charge in [0, 0.05) is 37.1 Å². The number of carbonyl (C=O) groups is 1. The zero-order chi connectivity index (χ0) is 33.9. The number of hydrogen-bond donors (Lipinski definition) is 0. The summed E-state index contributed by atoms with van der Waals surface area (Å²) in [6.45, 7) is 17.8. The zero-order valence-corrected chi connectivity index (χ0v) is 28.7. The van der Waals surface area contributed by atoms with Crippen molar-refractivity contribution in [2.75, 3.05) is 0 Å². The molecule has 6 nitrogen and oxygen atoms in total. The number of hydrogen-bond acceptors (Lipinski definition) is 5. The Morgan fingerprint density at radius 1 is 1.00 bits per heavy atom. The molecule has 1 unspecified atom stereocenters. The highest BCUT2D eigenvalue weighted by Crippen LogP contribution is 2.44. The van der Waals surface area contributed by atoms with E-state index in [2.05, 4.69) is 56.2 Å². The van der Waals surface area contributed by atoms with Gasteiger partial charge in [-0.05, 0) is 93.5 Å². The molecule has 1 saturated carbocycles. The minimum Gasteiger partial charge on any atom is -0.463 e. The van der Waals surface area contributed by atoms with Crippen molar-refractivity contribution in [3.05, 3.63) is 78.3 Å². The third kappa shape index (κ3) is 9.28. The van der Waals surface area contributed by atoms with Crippen LogP contribution in [-0.2, 0) is 30.3 Å². The van der Waals surface area contributed by atoms with E-state index in [0.717, 1.165) is 55.5 Å². The monoisotopic (exact) mass is 633 g/mol. The smallest absolute Gasteiger partial charge is 0.308 e. The quantitative estimate of drug-likeness (QED) is 0.173. The molecule has 1 aliphatic heterocycles. The third-order valence-electron chi connectivity index (χ3n) is 8.37. The number of aromatic nitrogens is 1. The number of halogens is 1. The number of rotatable bonds is 9. The van der Waals surface area contributed by atoms with Gasteiger partial charge in [0.2, 0.25) is 0 Å². The lowest BCUT2D eigenvalue weighted by molar-refractivity contribution is -0.315. The summed E-state index contributed by atoms with van der Waals surface area (Å²) in [4.78, 5) is 21.1. The molecule has 2 atom stereocenters. The Labute approximate surface area is 274 Å². The predicted octanol–water partition coefficient (Wildman–Crippen LogP) is 9.60. The number of nitrogens with zero attached hydrogens (tertiary/aromatic N) is 1. The van der Waals surface area contributed by atoms with E-state index in [4.69, 9.17) is 19.0 Å². The number of carbonyl (C=O) groups excluding carboxylic acids is 2. The fourth-order valence-electron chi connectivity index (χ4n) is 6.85. The molecule has 2 fully saturated rings. The maximum Gasteiger partial charge on any atom is 0.308 e. The van der Waals surface area contributed by atoms with Gasteiger partial charge in [-0.3, -0.25) is 4.79 Å². The van der Waals surface area contributed by atoms with Gasteiger partial charge in [-0.15, -0.1) is 0 Å². The highest BCUT2D eigenvalue weighted by atomic mass is 19.1. The molecule has 1 aliphatic carbocycles. The van der Waals surface area contributed by atoms with Crippen molar-refractivity contribution in [3.8, 4) is 22.4 Å². The van der Waals surface area contributed by atoms with E-state index in [-0.39, 0.29) is 36.5 Å². The molecule has 2 aliphatic rings. The minimum absolute atomic E-state index is 0.0392. The molecule has 0 amide bonds. The summed E-state index contributed by atoms with van der Waals surface area (Å²) in [5, 5.41) is 0. The number of esters is 1. The van der Waals surface area contributed by atoms with Crippen LogP contribution in [0.25, 0.3) is 22.4 Å². The Bertz CT molecular complexity index is 1410. The SMILES string of the molecule is C=C=O.CC.Cc1c(-c2ccccc2)c(-c2ccc(F)cc2)n(CC[C@@H]2CC(CC(=O)OC(C)C)OC3(CCCC3)O2)c1C(C)C. The van der Waals surface area contributed by atoms with Crippen LogP contribution in [0, 0.1) is 12.7 Å². The van der Waals surface area contributed by atoms with Crippen molar-refractivity contribution >= 4 is 11.9 Å². The Morgan fingerprint density at radius 2 is 1.59 bits per heavy atom. The molecule has 0 radical (unpaired) electrons. The summed E-state index contributed by atoms with van der Waals surface area (Å²) >= 11 is 0. The topological polar surface area (TPSA) is 66.8 Å². The summed E-state index contributed by atoms with van der Waals surface area (Å²) in [6, 6.07) is 17.3. The second-order valence-corrected chi connectivity index (χ2v) is 12.4. The molecular weight excluding hydrogens is 581 g/mol. The van der Waals surface area contributed by atoms with E-state index in [1.807, 2.05) is 45.9 Å². The first-order valence-electron chi connectivity index (χ1n) is 16.8. The molecule has 46 heavy (non-hydrogen) atoms. The van der Waals surface area contributed by atoms with Gasteiger partial charge >= 0.3 is 5.97 Å². The average Bonchev–Trinajstić information content (AvgIpc) is 3.58. The fraction of sp³-hybridized carbons (Fsp3) is 0.513. The van der Waals surface area contributed by atoms with Crippen LogP contribution in [0.2, 0.25) is 0 Å². The Kier molecular flexibility index (Phi) is 14.0. The lowest BCUT2D eigenvalue weighted by atomic mass is 9.96. The van der Waals surface area contributed by atoms with Gasteiger partial charge in [0.05, 0.1) is 30.4 Å². The maximum atomic E-state index is 14.0. The largest absolute Gasteiger partial charge is 0.463 e. The minimum atomic E-state index is -0.603. The summed E-state index contributed by atoms with van der Waals surface area (Å²) in [5.74, 6) is 0.484. The van der Waals surface area contributed by atoms with Gasteiger partial charge in [-0.1, -0.05) is 58.0 Å². The van der Waals surface area contributed by atoms with Crippen LogP contribution >= 0.6 is 0 Å². The van der Waals surface area contributed by atoms with Gasteiger partial charge < -0.3 is 18.8 Å². The van der Waals surface area contributed by atoms with Gasteiger partial charge in [0.25, 0.3) is 0 Å². The molecule has 3 aromatic rings. The Hall–Kier alpha value is -3.51. The molecule has 250 valence electrons. The molecule has 5 rings (SSSR count). The molecule has 1 saturated heterocycles. The van der Waals surface area contributed by atoms with Crippen LogP contribution in [0.3, 0.4) is 0 Å². The molecule has 7 heteroatoms. The summed E-state index contributed by atoms with van der Waals surface area (Å²) in [6.07, 6.45) is 5.15. The Morgan fingerprint density at radius 3 is 2.15 bits per heavy atom.